The van der Waals surface area contributed by atoms with Crippen molar-refractivity contribution in [2.75, 3.05) is 0 Å². The molecule has 0 aromatic heterocycles. The quantitative estimate of drug-likeness (QED) is 0.592. The number of hydrogen-bond acceptors (Lipinski definition) is 1. The standard InChI is InChI=1S/C15H24O/c1-10(2)13-12-7-9-15(16-13)8-5-6-11(3)14(12,15)4/h11-12H,5-9H2,1-4H3. The van der Waals surface area contributed by atoms with Crippen LogP contribution >= 0.6 is 0 Å². The van der Waals surface area contributed by atoms with Crippen LogP contribution in [-0.2, 0) is 4.74 Å². The molecule has 2 saturated carbocycles. The van der Waals surface area contributed by atoms with Crippen LogP contribution in [0.15, 0.2) is 11.3 Å². The highest BCUT2D eigenvalue weighted by Crippen LogP contribution is 2.69. The van der Waals surface area contributed by atoms with E-state index in [4.69, 9.17) is 4.74 Å². The zero-order valence-electron chi connectivity index (χ0n) is 11.1. The first kappa shape index (κ1) is 10.7. The van der Waals surface area contributed by atoms with Crippen LogP contribution in [0.1, 0.15) is 59.8 Å². The first-order valence-electron chi connectivity index (χ1n) is 6.88. The second-order valence-corrected chi connectivity index (χ2v) is 6.63. The minimum Gasteiger partial charge on any atom is -0.491 e. The smallest absolute Gasteiger partial charge is 0.115 e. The van der Waals surface area contributed by atoms with Gasteiger partial charge in [0.25, 0.3) is 0 Å². The fraction of sp³-hybridized carbons (Fsp3) is 0.867. The van der Waals surface area contributed by atoms with Gasteiger partial charge in [-0.1, -0.05) is 13.8 Å². The van der Waals surface area contributed by atoms with Crippen LogP contribution in [0.2, 0.25) is 0 Å². The molecular formula is C15H24O. The minimum atomic E-state index is 0.210. The van der Waals surface area contributed by atoms with Crippen molar-refractivity contribution < 1.29 is 4.74 Å². The molecule has 1 heterocycles. The Morgan fingerprint density at radius 2 is 2.00 bits per heavy atom. The third-order valence-electron chi connectivity index (χ3n) is 5.90. The summed E-state index contributed by atoms with van der Waals surface area (Å²) >= 11 is 0. The summed E-state index contributed by atoms with van der Waals surface area (Å²) in [6, 6.07) is 0. The number of ether oxygens (including phenoxy) is 1. The van der Waals surface area contributed by atoms with Crippen molar-refractivity contribution in [1.29, 1.82) is 0 Å². The van der Waals surface area contributed by atoms with E-state index < -0.39 is 0 Å². The fourth-order valence-corrected chi connectivity index (χ4v) is 4.79. The lowest BCUT2D eigenvalue weighted by atomic mass is 9.59. The highest BCUT2D eigenvalue weighted by molar-refractivity contribution is 5.28. The molecule has 1 nitrogen and oxygen atoms in total. The van der Waals surface area contributed by atoms with Crippen LogP contribution in [0, 0.1) is 17.3 Å². The van der Waals surface area contributed by atoms with Crippen molar-refractivity contribution >= 4 is 0 Å². The fourth-order valence-electron chi connectivity index (χ4n) is 4.79. The maximum absolute atomic E-state index is 6.47. The lowest BCUT2D eigenvalue weighted by Crippen LogP contribution is -2.48. The van der Waals surface area contributed by atoms with E-state index in [1.54, 1.807) is 0 Å². The Morgan fingerprint density at radius 3 is 2.62 bits per heavy atom. The predicted molar refractivity (Wildman–Crippen MR) is 66.0 cm³/mol. The zero-order valence-corrected chi connectivity index (χ0v) is 11.1. The molecule has 1 heteroatoms. The topological polar surface area (TPSA) is 9.23 Å². The maximum Gasteiger partial charge on any atom is 0.115 e. The van der Waals surface area contributed by atoms with Gasteiger partial charge in [0.1, 0.15) is 5.60 Å². The highest BCUT2D eigenvalue weighted by atomic mass is 16.5. The molecule has 4 atom stereocenters. The summed E-state index contributed by atoms with van der Waals surface area (Å²) in [6.07, 6.45) is 6.71. The van der Waals surface area contributed by atoms with Gasteiger partial charge < -0.3 is 4.74 Å². The normalized spacial score (nSPS) is 50.1. The maximum atomic E-state index is 6.47. The molecule has 0 N–H and O–H groups in total. The summed E-state index contributed by atoms with van der Waals surface area (Å²) in [4.78, 5) is 0. The summed E-state index contributed by atoms with van der Waals surface area (Å²) in [5.74, 6) is 2.89. The zero-order chi connectivity index (χ0) is 11.6. The monoisotopic (exact) mass is 220 g/mol. The predicted octanol–water partition coefficient (Wildman–Crippen LogP) is 4.29. The Kier molecular flexibility index (Phi) is 2.04. The molecule has 0 aromatic carbocycles. The summed E-state index contributed by atoms with van der Waals surface area (Å²) in [6.45, 7) is 9.38. The van der Waals surface area contributed by atoms with E-state index in [1.165, 1.54) is 43.4 Å². The van der Waals surface area contributed by atoms with Crippen LogP contribution in [0.4, 0.5) is 0 Å². The van der Waals surface area contributed by atoms with Gasteiger partial charge in [-0.05, 0) is 57.4 Å². The van der Waals surface area contributed by atoms with Crippen LogP contribution < -0.4 is 0 Å². The third-order valence-corrected chi connectivity index (χ3v) is 5.90. The molecular weight excluding hydrogens is 196 g/mol. The molecule has 0 amide bonds. The van der Waals surface area contributed by atoms with E-state index >= 15 is 0 Å². The molecule has 16 heavy (non-hydrogen) atoms. The summed E-state index contributed by atoms with van der Waals surface area (Å²) in [7, 11) is 0. The Labute approximate surface area is 99.3 Å². The third kappa shape index (κ3) is 0.983. The molecule has 0 aromatic rings. The summed E-state index contributed by atoms with van der Waals surface area (Å²) in [5.41, 5.74) is 2.05. The second kappa shape index (κ2) is 3.05. The van der Waals surface area contributed by atoms with Gasteiger partial charge in [-0.2, -0.15) is 0 Å². The lowest BCUT2D eigenvalue weighted by molar-refractivity contribution is -0.0839. The average Bonchev–Trinajstić information content (AvgIpc) is 2.67. The van der Waals surface area contributed by atoms with Gasteiger partial charge >= 0.3 is 0 Å². The van der Waals surface area contributed by atoms with Gasteiger partial charge in [-0.3, -0.25) is 0 Å². The Hall–Kier alpha value is -0.460. The van der Waals surface area contributed by atoms with Crippen molar-refractivity contribution in [2.24, 2.45) is 17.3 Å². The van der Waals surface area contributed by atoms with E-state index in [0.29, 0.717) is 11.3 Å². The number of hydrogen-bond donors (Lipinski definition) is 0. The van der Waals surface area contributed by atoms with Crippen LogP contribution in [-0.4, -0.2) is 5.60 Å². The highest BCUT2D eigenvalue weighted by Gasteiger charge is 2.68. The van der Waals surface area contributed by atoms with Crippen molar-refractivity contribution in [2.45, 2.75) is 65.4 Å². The Morgan fingerprint density at radius 1 is 1.25 bits per heavy atom. The molecule has 2 bridgehead atoms. The molecule has 90 valence electrons. The molecule has 2 aliphatic carbocycles. The average molecular weight is 220 g/mol. The molecule has 0 spiro atoms. The first-order chi connectivity index (χ1) is 7.51. The van der Waals surface area contributed by atoms with E-state index in [0.717, 1.165) is 5.92 Å². The molecule has 1 aliphatic heterocycles. The molecule has 3 rings (SSSR count). The van der Waals surface area contributed by atoms with Gasteiger partial charge in [0.15, 0.2) is 0 Å². The summed E-state index contributed by atoms with van der Waals surface area (Å²) < 4.78 is 6.47. The van der Waals surface area contributed by atoms with Gasteiger partial charge in [-0.15, -0.1) is 0 Å². The molecule has 3 aliphatic rings. The SMILES string of the molecule is CC(C)=C1OC23CCCC(C)C2(C)C1CC3. The van der Waals surface area contributed by atoms with E-state index in [-0.39, 0.29) is 5.60 Å². The van der Waals surface area contributed by atoms with Crippen LogP contribution in [0.5, 0.6) is 0 Å². The van der Waals surface area contributed by atoms with Gasteiger partial charge in [-0.25, -0.2) is 0 Å². The Bertz CT molecular complexity index is 352. The van der Waals surface area contributed by atoms with Crippen molar-refractivity contribution in [1.82, 2.24) is 0 Å². The van der Waals surface area contributed by atoms with Gasteiger partial charge in [0.05, 0.1) is 5.76 Å². The largest absolute Gasteiger partial charge is 0.491 e. The lowest BCUT2D eigenvalue weighted by Gasteiger charge is -2.47. The van der Waals surface area contributed by atoms with Crippen LogP contribution in [0.25, 0.3) is 0 Å². The Balaban J connectivity index is 2.11. The van der Waals surface area contributed by atoms with Crippen molar-refractivity contribution in [3.63, 3.8) is 0 Å². The molecule has 3 fully saturated rings. The molecule has 0 radical (unpaired) electrons. The van der Waals surface area contributed by atoms with Crippen LogP contribution in [0.3, 0.4) is 0 Å². The second-order valence-electron chi connectivity index (χ2n) is 6.63. The number of rotatable bonds is 0. The first-order valence-corrected chi connectivity index (χ1v) is 6.88. The van der Waals surface area contributed by atoms with E-state index in [2.05, 4.69) is 27.7 Å². The molecule has 1 saturated heterocycles. The summed E-state index contributed by atoms with van der Waals surface area (Å²) in [5, 5.41) is 0. The van der Waals surface area contributed by atoms with E-state index in [1.807, 2.05) is 0 Å². The molecule has 4 unspecified atom stereocenters. The van der Waals surface area contributed by atoms with Gasteiger partial charge in [0.2, 0.25) is 0 Å². The van der Waals surface area contributed by atoms with Crippen molar-refractivity contribution in [3.05, 3.63) is 11.3 Å². The van der Waals surface area contributed by atoms with Crippen molar-refractivity contribution in [3.8, 4) is 0 Å². The minimum absolute atomic E-state index is 0.210. The van der Waals surface area contributed by atoms with E-state index in [9.17, 15) is 0 Å². The number of allylic oxidation sites excluding steroid dienone is 2. The van der Waals surface area contributed by atoms with Gasteiger partial charge in [0, 0.05) is 11.3 Å².